The first-order valence-corrected chi connectivity index (χ1v) is 11.0. The minimum atomic E-state index is -0.357. The molecule has 0 unspecified atom stereocenters. The molecule has 150 valence electrons. The Morgan fingerprint density at radius 3 is 2.93 bits per heavy atom. The van der Waals surface area contributed by atoms with Gasteiger partial charge in [0, 0.05) is 41.0 Å². The molecule has 2 aliphatic rings. The second-order valence-electron chi connectivity index (χ2n) is 7.57. The Balaban J connectivity index is 1.64. The van der Waals surface area contributed by atoms with E-state index in [2.05, 4.69) is 10.3 Å². The maximum atomic E-state index is 14.2. The van der Waals surface area contributed by atoms with Crippen LogP contribution < -0.4 is 11.1 Å². The molecule has 0 spiro atoms. The molecule has 0 radical (unpaired) electrons. The summed E-state index contributed by atoms with van der Waals surface area (Å²) in [6.07, 6.45) is 4.17. The van der Waals surface area contributed by atoms with E-state index in [9.17, 15) is 9.18 Å². The maximum absolute atomic E-state index is 14.2. The van der Waals surface area contributed by atoms with E-state index in [0.717, 1.165) is 49.4 Å². The second kappa shape index (κ2) is 7.15. The first-order chi connectivity index (χ1) is 14.0. The zero-order valence-electron chi connectivity index (χ0n) is 15.7. The first kappa shape index (κ1) is 18.6. The fraction of sp³-hybridized carbons (Fsp3) is 0.333. The molecule has 5 nitrogen and oxygen atoms in total. The Morgan fingerprint density at radius 1 is 1.21 bits per heavy atom. The van der Waals surface area contributed by atoms with E-state index >= 15 is 0 Å². The van der Waals surface area contributed by atoms with Crippen molar-refractivity contribution < 1.29 is 9.18 Å². The summed E-state index contributed by atoms with van der Waals surface area (Å²) in [4.78, 5) is 19.5. The lowest BCUT2D eigenvalue weighted by atomic mass is 9.95. The molecule has 1 aromatic heterocycles. The number of halogens is 2. The number of benzene rings is 2. The van der Waals surface area contributed by atoms with Crippen LogP contribution in [0.25, 0.3) is 21.3 Å². The van der Waals surface area contributed by atoms with Gasteiger partial charge in [0.15, 0.2) is 5.13 Å². The lowest BCUT2D eigenvalue weighted by molar-refractivity contribution is 0.0603. The molecule has 5 rings (SSSR count). The Bertz CT molecular complexity index is 1130. The summed E-state index contributed by atoms with van der Waals surface area (Å²) in [5.41, 5.74) is 9.05. The van der Waals surface area contributed by atoms with Crippen LogP contribution in [-0.4, -0.2) is 34.9 Å². The van der Waals surface area contributed by atoms with Crippen LogP contribution in [0.3, 0.4) is 0 Å². The third-order valence-corrected chi connectivity index (χ3v) is 7.03. The van der Waals surface area contributed by atoms with Gasteiger partial charge in [0.05, 0.1) is 15.8 Å². The zero-order chi connectivity index (χ0) is 20.1. The number of rotatable bonds is 1. The van der Waals surface area contributed by atoms with Gasteiger partial charge in [-0.05, 0) is 49.9 Å². The number of piperidine rings is 1. The minimum absolute atomic E-state index is 0.0208. The smallest absolute Gasteiger partial charge is 0.256 e. The average Bonchev–Trinajstić information content (AvgIpc) is 3.11. The second-order valence-corrected chi connectivity index (χ2v) is 9.00. The van der Waals surface area contributed by atoms with Crippen molar-refractivity contribution in [2.24, 2.45) is 0 Å². The summed E-state index contributed by atoms with van der Waals surface area (Å²) in [5.74, 6) is -0.336. The van der Waals surface area contributed by atoms with Crippen LogP contribution in [-0.2, 0) is 0 Å². The van der Waals surface area contributed by atoms with Crippen molar-refractivity contribution in [1.29, 1.82) is 0 Å². The molecule has 3 aromatic rings. The number of nitrogens with one attached hydrogen (secondary N) is 1. The quantitative estimate of drug-likeness (QED) is 0.560. The van der Waals surface area contributed by atoms with Crippen molar-refractivity contribution >= 4 is 49.9 Å². The molecule has 3 heterocycles. The standard InChI is InChI=1S/C21H20ClFN4OS/c22-15-9-14-17(25-7-6-11-3-1-2-8-27(11)20(14)28)10-13(15)12-4-5-16(23)19-18(12)26-21(24)29-19/h4-5,9-11,25H,1-3,6-8H2,(H2,24,26)/t11-/m1/s1. The molecule has 2 aliphatic heterocycles. The van der Waals surface area contributed by atoms with E-state index in [-0.39, 0.29) is 17.8 Å². The van der Waals surface area contributed by atoms with E-state index < -0.39 is 0 Å². The van der Waals surface area contributed by atoms with Gasteiger partial charge in [-0.3, -0.25) is 4.79 Å². The van der Waals surface area contributed by atoms with Gasteiger partial charge < -0.3 is 16.0 Å². The maximum Gasteiger partial charge on any atom is 0.256 e. The SMILES string of the molecule is Nc1nc2c(-c3cc4c(cc3Cl)C(=O)N3CCCC[C@@H]3CCN4)ccc(F)c2s1. The van der Waals surface area contributed by atoms with Crippen molar-refractivity contribution in [1.82, 2.24) is 9.88 Å². The van der Waals surface area contributed by atoms with Crippen LogP contribution in [0, 0.1) is 5.82 Å². The van der Waals surface area contributed by atoms with Crippen molar-refractivity contribution in [2.45, 2.75) is 31.7 Å². The van der Waals surface area contributed by atoms with E-state index in [0.29, 0.717) is 37.1 Å². The Hall–Kier alpha value is -2.38. The summed E-state index contributed by atoms with van der Waals surface area (Å²) < 4.78 is 14.6. The van der Waals surface area contributed by atoms with Gasteiger partial charge in [-0.15, -0.1) is 0 Å². The number of aromatic nitrogens is 1. The summed E-state index contributed by atoms with van der Waals surface area (Å²) in [6, 6.07) is 6.95. The van der Waals surface area contributed by atoms with Gasteiger partial charge in [-0.25, -0.2) is 9.37 Å². The third kappa shape index (κ3) is 3.13. The van der Waals surface area contributed by atoms with Gasteiger partial charge in [-0.1, -0.05) is 22.9 Å². The number of nitrogens with two attached hydrogens (primary N) is 1. The Labute approximate surface area is 176 Å². The van der Waals surface area contributed by atoms with Crippen LogP contribution in [0.2, 0.25) is 5.02 Å². The van der Waals surface area contributed by atoms with Crippen LogP contribution in [0.4, 0.5) is 15.2 Å². The number of nitrogens with zero attached hydrogens (tertiary/aromatic N) is 2. The molecule has 0 saturated carbocycles. The normalized spacial score (nSPS) is 19.3. The third-order valence-electron chi connectivity index (χ3n) is 5.82. The number of amides is 1. The molecule has 3 N–H and O–H groups in total. The van der Waals surface area contributed by atoms with Crippen LogP contribution in [0.15, 0.2) is 24.3 Å². The lowest BCUT2D eigenvalue weighted by Gasteiger charge is -2.38. The molecular weight excluding hydrogens is 411 g/mol. The highest BCUT2D eigenvalue weighted by molar-refractivity contribution is 7.22. The van der Waals surface area contributed by atoms with E-state index in [1.807, 2.05) is 11.0 Å². The van der Waals surface area contributed by atoms with Gasteiger partial charge in [0.25, 0.3) is 5.91 Å². The van der Waals surface area contributed by atoms with Crippen molar-refractivity contribution in [3.8, 4) is 11.1 Å². The predicted octanol–water partition coefficient (Wildman–Crippen LogP) is 5.15. The van der Waals surface area contributed by atoms with Crippen LogP contribution in [0.1, 0.15) is 36.0 Å². The monoisotopic (exact) mass is 430 g/mol. The summed E-state index contributed by atoms with van der Waals surface area (Å²) in [7, 11) is 0. The topological polar surface area (TPSA) is 71.2 Å². The number of nitrogen functional groups attached to an aromatic ring is 1. The van der Waals surface area contributed by atoms with Crippen LogP contribution in [0.5, 0.6) is 0 Å². The molecule has 1 amide bonds. The van der Waals surface area contributed by atoms with Gasteiger partial charge >= 0.3 is 0 Å². The van der Waals surface area contributed by atoms with Gasteiger partial charge in [0.2, 0.25) is 0 Å². The highest BCUT2D eigenvalue weighted by Gasteiger charge is 2.31. The number of carbonyl (C=O) groups excluding carboxylic acids is 1. The fourth-order valence-corrected chi connectivity index (χ4v) is 5.44. The summed E-state index contributed by atoms with van der Waals surface area (Å²) in [5, 5.41) is 4.15. The largest absolute Gasteiger partial charge is 0.384 e. The van der Waals surface area contributed by atoms with E-state index in [4.69, 9.17) is 17.3 Å². The molecule has 29 heavy (non-hydrogen) atoms. The number of hydrogen-bond donors (Lipinski definition) is 2. The van der Waals surface area contributed by atoms with Crippen molar-refractivity contribution in [3.05, 3.63) is 40.7 Å². The van der Waals surface area contributed by atoms with Crippen molar-refractivity contribution in [2.75, 3.05) is 24.1 Å². The Kier molecular flexibility index (Phi) is 4.59. The molecule has 0 aliphatic carbocycles. The first-order valence-electron chi connectivity index (χ1n) is 9.76. The summed E-state index contributed by atoms with van der Waals surface area (Å²) in [6.45, 7) is 1.57. The molecule has 8 heteroatoms. The van der Waals surface area contributed by atoms with Gasteiger partial charge in [-0.2, -0.15) is 0 Å². The Morgan fingerprint density at radius 2 is 2.07 bits per heavy atom. The zero-order valence-corrected chi connectivity index (χ0v) is 17.2. The molecule has 1 atom stereocenters. The predicted molar refractivity (Wildman–Crippen MR) is 116 cm³/mol. The number of hydrogen-bond acceptors (Lipinski definition) is 5. The van der Waals surface area contributed by atoms with E-state index in [1.54, 1.807) is 12.1 Å². The molecule has 1 fully saturated rings. The lowest BCUT2D eigenvalue weighted by Crippen LogP contribution is -2.45. The molecule has 1 saturated heterocycles. The number of anilines is 2. The van der Waals surface area contributed by atoms with E-state index in [1.165, 1.54) is 12.5 Å². The molecule has 0 bridgehead atoms. The number of carbonyl (C=O) groups is 1. The molecule has 2 aromatic carbocycles. The van der Waals surface area contributed by atoms with Crippen LogP contribution >= 0.6 is 22.9 Å². The number of thiazole rings is 1. The highest BCUT2D eigenvalue weighted by atomic mass is 35.5. The van der Waals surface area contributed by atoms with Gasteiger partial charge in [0.1, 0.15) is 5.82 Å². The summed E-state index contributed by atoms with van der Waals surface area (Å²) >= 11 is 7.74. The molecular formula is C21H20ClFN4OS. The minimum Gasteiger partial charge on any atom is -0.384 e. The fourth-order valence-electron chi connectivity index (χ4n) is 4.41. The van der Waals surface area contributed by atoms with Crippen molar-refractivity contribution in [3.63, 3.8) is 0 Å². The number of fused-ring (bicyclic) bond motifs is 3. The average molecular weight is 431 g/mol. The highest BCUT2D eigenvalue weighted by Crippen LogP contribution is 2.40.